The van der Waals surface area contributed by atoms with Gasteiger partial charge in [-0.1, -0.05) is 24.3 Å². The molecule has 0 spiro atoms. The van der Waals surface area contributed by atoms with Gasteiger partial charge in [0, 0.05) is 115 Å². The standard InChI is InChI=1S/C33H47FN6O3S.C28H38F3N5O2/c1-23-21-38(33(4)12-16-37(17-13-33)32(41)30-24(2)35-22-36-25(30)3)18-19-40(23)31(27-6-5-7-28(34)20-27)26-10-14-39(15-11-26)44(42,43)29-8-9-29;1-19-16-35(14-15-36(19)24(17-38-5)22-6-8-23(9-7-22)28(29,30)31)27(4)10-12-34(13-11-27)26(37)25-20(2)32-18-33-21(25)3/h5-7,20,22-23,26,29,31H,8-19,21H2,1-4H3;6-9,18-19,24H,10-17H2,1-5H3/t23-,31+;19-,24-/m00/s1. The monoisotopic (exact) mass is 1160 g/mol. The smallest absolute Gasteiger partial charge is 0.383 e. The Balaban J connectivity index is 0.000000200. The summed E-state index contributed by atoms with van der Waals surface area (Å²) in [5, 5.41) is -0.182. The van der Waals surface area contributed by atoms with Crippen LogP contribution in [0.15, 0.2) is 61.2 Å². The van der Waals surface area contributed by atoms with Gasteiger partial charge in [0.1, 0.15) is 18.5 Å². The lowest BCUT2D eigenvalue weighted by atomic mass is 9.82. The highest BCUT2D eigenvalue weighted by Gasteiger charge is 2.47. The molecule has 5 saturated heterocycles. The van der Waals surface area contributed by atoms with Gasteiger partial charge in [-0.3, -0.25) is 29.2 Å². The molecule has 2 amide bonds. The summed E-state index contributed by atoms with van der Waals surface area (Å²) in [6.45, 7) is 25.9. The van der Waals surface area contributed by atoms with E-state index in [1.807, 2.05) is 43.6 Å². The molecule has 21 heteroatoms. The molecule has 10 rings (SSSR count). The second-order valence-electron chi connectivity index (χ2n) is 24.6. The predicted molar refractivity (Wildman–Crippen MR) is 307 cm³/mol. The maximum atomic E-state index is 14.5. The van der Waals surface area contributed by atoms with E-state index in [1.165, 1.54) is 18.7 Å². The number of benzene rings is 2. The summed E-state index contributed by atoms with van der Waals surface area (Å²) in [6.07, 6.45) is 5.33. The van der Waals surface area contributed by atoms with Crippen LogP contribution in [0.2, 0.25) is 0 Å². The van der Waals surface area contributed by atoms with Crippen LogP contribution in [-0.4, -0.2) is 195 Å². The van der Waals surface area contributed by atoms with Gasteiger partial charge in [-0.05, 0) is 148 Å². The van der Waals surface area contributed by atoms with Gasteiger partial charge < -0.3 is 14.5 Å². The molecule has 6 aliphatic rings. The summed E-state index contributed by atoms with van der Waals surface area (Å²) < 4.78 is 86.7. The van der Waals surface area contributed by atoms with Gasteiger partial charge in [0.05, 0.1) is 57.4 Å². The number of piperazine rings is 2. The number of sulfonamides is 1. The SMILES string of the molecule is COC[C@@H](c1ccc(C(F)(F)F)cc1)N1CCN(C2(C)CCN(C(=O)c3c(C)ncnc3C)CC2)C[C@@H]1C.Cc1ncnc(C)c1C(=O)N1CCC(C)(N2CCN([C@@H](c3cccc(F)c3)C3CCN(S(=O)(=O)C4CC4)CC3)[C@@H](C)C2)CC1. The summed E-state index contributed by atoms with van der Waals surface area (Å²) in [6, 6.07) is 12.8. The maximum Gasteiger partial charge on any atom is 0.416 e. The van der Waals surface area contributed by atoms with Crippen molar-refractivity contribution < 1.29 is 40.3 Å². The van der Waals surface area contributed by atoms with Crippen molar-refractivity contribution in [1.29, 1.82) is 0 Å². The first-order valence-corrected chi connectivity index (χ1v) is 31.0. The third kappa shape index (κ3) is 13.4. The van der Waals surface area contributed by atoms with Crippen molar-refractivity contribution in [2.75, 3.05) is 92.3 Å². The van der Waals surface area contributed by atoms with Gasteiger partial charge in [-0.15, -0.1) is 0 Å². The minimum atomic E-state index is -4.35. The van der Waals surface area contributed by atoms with Crippen molar-refractivity contribution in [2.24, 2.45) is 5.92 Å². The van der Waals surface area contributed by atoms with E-state index in [0.29, 0.717) is 68.4 Å². The normalized spacial score (nSPS) is 23.7. The molecular formula is C61H85F4N11O5S. The predicted octanol–water partition coefficient (Wildman–Crippen LogP) is 8.68. The fourth-order valence-electron chi connectivity index (χ4n) is 13.8. The third-order valence-corrected chi connectivity index (χ3v) is 21.6. The van der Waals surface area contributed by atoms with Gasteiger partial charge in [-0.25, -0.2) is 37.0 Å². The lowest BCUT2D eigenvalue weighted by Gasteiger charge is -2.54. The first-order valence-electron chi connectivity index (χ1n) is 29.5. The molecule has 16 nitrogen and oxygen atoms in total. The van der Waals surface area contributed by atoms with E-state index in [1.54, 1.807) is 35.7 Å². The zero-order valence-corrected chi connectivity index (χ0v) is 50.3. The molecule has 4 atom stereocenters. The first-order chi connectivity index (χ1) is 38.9. The number of aryl methyl sites for hydroxylation is 4. The minimum absolute atomic E-state index is 0.000198. The van der Waals surface area contributed by atoms with Crippen molar-refractivity contribution in [1.82, 2.24) is 53.6 Å². The van der Waals surface area contributed by atoms with E-state index < -0.39 is 21.8 Å². The quantitative estimate of drug-likeness (QED) is 0.118. The Labute approximate surface area is 483 Å². The zero-order valence-electron chi connectivity index (χ0n) is 49.5. The van der Waals surface area contributed by atoms with E-state index in [4.69, 9.17) is 4.74 Å². The molecule has 82 heavy (non-hydrogen) atoms. The Morgan fingerprint density at radius 1 is 0.646 bits per heavy atom. The minimum Gasteiger partial charge on any atom is -0.383 e. The number of hydrogen-bond acceptors (Lipinski definition) is 13. The Kier molecular flexibility index (Phi) is 19.0. The highest BCUT2D eigenvalue weighted by atomic mass is 32.2. The highest BCUT2D eigenvalue weighted by Crippen LogP contribution is 2.42. The van der Waals surface area contributed by atoms with E-state index >= 15 is 0 Å². The fraction of sp³-hybridized carbons (Fsp3) is 0.639. The molecule has 0 unspecified atom stereocenters. The van der Waals surface area contributed by atoms with Gasteiger partial charge in [0.2, 0.25) is 10.0 Å². The number of carbonyl (C=O) groups is 2. The van der Waals surface area contributed by atoms with Crippen LogP contribution < -0.4 is 0 Å². The number of rotatable bonds is 13. The van der Waals surface area contributed by atoms with Crippen LogP contribution in [0.1, 0.15) is 151 Å². The third-order valence-electron chi connectivity index (χ3n) is 19.2. The summed E-state index contributed by atoms with van der Waals surface area (Å²) in [7, 11) is -1.56. The van der Waals surface area contributed by atoms with Gasteiger partial charge in [0.15, 0.2) is 0 Å². The number of amides is 2. The molecule has 1 saturated carbocycles. The molecule has 0 radical (unpaired) electrons. The van der Waals surface area contributed by atoms with Crippen LogP contribution in [0.5, 0.6) is 0 Å². The summed E-state index contributed by atoms with van der Waals surface area (Å²) in [5.41, 5.74) is 5.23. The molecule has 0 bridgehead atoms. The number of piperidine rings is 3. The second-order valence-corrected chi connectivity index (χ2v) is 26.8. The molecule has 0 N–H and O–H groups in total. The van der Waals surface area contributed by atoms with E-state index in [-0.39, 0.29) is 64.0 Å². The van der Waals surface area contributed by atoms with Crippen molar-refractivity contribution in [2.45, 2.75) is 153 Å². The molecule has 5 aliphatic heterocycles. The van der Waals surface area contributed by atoms with Crippen LogP contribution >= 0.6 is 0 Å². The number of halogens is 4. The van der Waals surface area contributed by atoms with Crippen LogP contribution in [0.25, 0.3) is 0 Å². The van der Waals surface area contributed by atoms with Crippen molar-refractivity contribution in [3.05, 3.63) is 118 Å². The lowest BCUT2D eigenvalue weighted by molar-refractivity contribution is -0.137. The number of alkyl halides is 3. The molecule has 4 aromatic rings. The molecular weight excluding hydrogens is 1070 g/mol. The largest absolute Gasteiger partial charge is 0.416 e. The van der Waals surface area contributed by atoms with Crippen LogP contribution in [0.3, 0.4) is 0 Å². The number of methoxy groups -OCH3 is 1. The average Bonchev–Trinajstić information content (AvgIpc) is 4.44. The van der Waals surface area contributed by atoms with Gasteiger partial charge >= 0.3 is 6.18 Å². The van der Waals surface area contributed by atoms with Crippen LogP contribution in [0, 0.1) is 39.4 Å². The first kappa shape index (κ1) is 61.5. The topological polar surface area (TPSA) is 152 Å². The molecule has 6 fully saturated rings. The number of aromatic nitrogens is 4. The number of hydrogen-bond donors (Lipinski definition) is 0. The number of ether oxygens (including phenoxy) is 1. The van der Waals surface area contributed by atoms with Crippen molar-refractivity contribution >= 4 is 21.8 Å². The van der Waals surface area contributed by atoms with E-state index in [0.717, 1.165) is 125 Å². The Morgan fingerprint density at radius 2 is 1.11 bits per heavy atom. The Morgan fingerprint density at radius 3 is 1.52 bits per heavy atom. The van der Waals surface area contributed by atoms with Crippen molar-refractivity contribution in [3.63, 3.8) is 0 Å². The van der Waals surface area contributed by atoms with Gasteiger partial charge in [-0.2, -0.15) is 13.2 Å². The second kappa shape index (κ2) is 25.3. The number of carbonyl (C=O) groups excluding carboxylic acids is 2. The van der Waals surface area contributed by atoms with E-state index in [9.17, 15) is 35.6 Å². The molecule has 1 aliphatic carbocycles. The number of nitrogens with zero attached hydrogens (tertiary/aromatic N) is 11. The van der Waals surface area contributed by atoms with Crippen LogP contribution in [0.4, 0.5) is 17.6 Å². The Bertz CT molecular complexity index is 2940. The molecule has 2 aromatic heterocycles. The zero-order chi connectivity index (χ0) is 58.9. The lowest BCUT2D eigenvalue weighted by Crippen LogP contribution is -2.63. The molecule has 7 heterocycles. The number of likely N-dealkylation sites (tertiary alicyclic amines) is 2. The van der Waals surface area contributed by atoms with Crippen molar-refractivity contribution in [3.8, 4) is 0 Å². The van der Waals surface area contributed by atoms with Crippen LogP contribution in [-0.2, 0) is 20.9 Å². The fourth-order valence-corrected chi connectivity index (χ4v) is 15.7. The van der Waals surface area contributed by atoms with Gasteiger partial charge in [0.25, 0.3) is 11.8 Å². The summed E-state index contributed by atoms with van der Waals surface area (Å²) in [4.78, 5) is 57.4. The van der Waals surface area contributed by atoms with E-state index in [2.05, 4.69) is 67.2 Å². The molecule has 2 aromatic carbocycles. The molecule has 448 valence electrons. The summed E-state index contributed by atoms with van der Waals surface area (Å²) >= 11 is 0. The Hall–Kier alpha value is -5.03. The average molecular weight is 1160 g/mol. The highest BCUT2D eigenvalue weighted by molar-refractivity contribution is 7.90. The maximum absolute atomic E-state index is 14.5. The summed E-state index contributed by atoms with van der Waals surface area (Å²) in [5.74, 6) is 0.0542.